The zero-order valence-corrected chi connectivity index (χ0v) is 68.7. The maximum atomic E-state index is 4.98. The molecule has 0 bridgehead atoms. The van der Waals surface area contributed by atoms with Crippen molar-refractivity contribution in [2.75, 3.05) is 0 Å². The van der Waals surface area contributed by atoms with E-state index in [9.17, 15) is 0 Å². The third kappa shape index (κ3) is 16.6. The van der Waals surface area contributed by atoms with Crippen molar-refractivity contribution in [1.29, 1.82) is 0 Å². The molecule has 0 aromatic heterocycles. The fourth-order valence-corrected chi connectivity index (χ4v) is 100. The van der Waals surface area contributed by atoms with Gasteiger partial charge < -0.3 is 0 Å². The molecule has 0 N–H and O–H groups in total. The number of hydrogen-bond donors (Lipinski definition) is 0. The molecule has 13 heteroatoms. The van der Waals surface area contributed by atoms with Crippen LogP contribution >= 0.6 is 0 Å². The average molecular weight is 1320 g/mol. The van der Waals surface area contributed by atoms with Crippen molar-refractivity contribution in [2.45, 2.75) is 267 Å². The molecule has 0 heterocycles. The summed E-state index contributed by atoms with van der Waals surface area (Å²) in [6.07, 6.45) is 0. The van der Waals surface area contributed by atoms with Gasteiger partial charge in [-0.05, 0) is 0 Å². The Bertz CT molecular complexity index is 1790. The Morgan fingerprint density at radius 1 is 0.250 bits per heavy atom. The van der Waals surface area contributed by atoms with Crippen LogP contribution in [-0.4, -0.2) is 120 Å². The van der Waals surface area contributed by atoms with Crippen LogP contribution in [0.1, 0.15) is 69.9 Å². The second kappa shape index (κ2) is 21.3. The molecule has 0 spiro atoms. The van der Waals surface area contributed by atoms with E-state index in [2.05, 4.69) is 260 Å². The van der Waals surface area contributed by atoms with E-state index in [0.29, 0.717) is 10.3 Å². The van der Waals surface area contributed by atoms with Crippen LogP contribution in [-0.2, 0) is 0 Å². The zero-order chi connectivity index (χ0) is 54.3. The fraction of sp³-hybridized carbons (Fsp3) is 0.764. The van der Waals surface area contributed by atoms with E-state index in [4.69, 9.17) is 3.35 Å². The third-order valence-corrected chi connectivity index (χ3v) is 75.5. The van der Waals surface area contributed by atoms with Crippen LogP contribution in [0.4, 0.5) is 0 Å². The van der Waals surface area contributed by atoms with Gasteiger partial charge in [-0.15, -0.1) is 0 Å². The summed E-state index contributed by atoms with van der Waals surface area (Å²) in [6.45, 7) is 98.7. The summed E-state index contributed by atoms with van der Waals surface area (Å²) >= 11 is -1.82. The van der Waals surface area contributed by atoms with Gasteiger partial charge in [0.05, 0.1) is 0 Å². The van der Waals surface area contributed by atoms with Crippen molar-refractivity contribution in [3.05, 3.63) is 63.2 Å². The molecule has 0 saturated carbocycles. The van der Waals surface area contributed by atoms with Crippen LogP contribution in [0.3, 0.4) is 0 Å². The van der Waals surface area contributed by atoms with Crippen LogP contribution < -0.4 is 3.12 Å². The molecule has 0 aliphatic rings. The van der Waals surface area contributed by atoms with E-state index >= 15 is 0 Å². The van der Waals surface area contributed by atoms with Crippen molar-refractivity contribution >= 4 is 124 Å². The van der Waals surface area contributed by atoms with Gasteiger partial charge in [-0.1, -0.05) is 0 Å². The van der Waals surface area contributed by atoms with Crippen LogP contribution in [0.2, 0.25) is 236 Å². The quantitative estimate of drug-likeness (QED) is 0.131. The van der Waals surface area contributed by atoms with E-state index in [1.165, 1.54) is 0 Å². The molecule has 0 aliphatic carbocycles. The fourth-order valence-electron chi connectivity index (χ4n) is 16.6. The van der Waals surface area contributed by atoms with Gasteiger partial charge in [0.1, 0.15) is 0 Å². The van der Waals surface area contributed by atoms with Crippen molar-refractivity contribution in [1.82, 2.24) is 0 Å². The molecule has 2 aromatic carbocycles. The van der Waals surface area contributed by atoms with E-state index < -0.39 is 120 Å². The standard InChI is InChI=1S/C28H59Si6.C27H59Si6.Pb/c1-22-24(27(31(8,9)10)32(11,12)13)20-23(26(29(2,3)4)30(5,6)7)21-25(22)28(33(14,15)16)34(17,18)19;1-28(2,3)25(29(4,5)6)22-19-23(26(30(7,8)9)31(10,11)12)21-24(20-22)27(32(13,14)15)33(16,17)18;/h20-21,26-28H,2-19H3;19-20,25-27H,1-18H3;. The maximum absolute atomic E-state index is 4.98. The van der Waals surface area contributed by atoms with Crippen LogP contribution in [0, 0.1) is 3.35 Å². The van der Waals surface area contributed by atoms with Gasteiger partial charge in [-0.2, -0.15) is 0 Å². The second-order valence-corrected chi connectivity index (χ2v) is 106. The molecule has 0 unspecified atom stereocenters. The van der Waals surface area contributed by atoms with Crippen LogP contribution in [0.5, 0.6) is 0 Å². The Kier molecular flexibility index (Phi) is 20.6. The SMILES string of the molecule is C[Si](C)(C)C(c1cc(C([Si](C)(C)C)[Si](C)(C)C)c([C]#[Pb][c]2c(C([Si](C)(C)C)[Si](C)(C)C)cc(C([Si](C)(C)C)[Si](C)(C)C)cc2C([Si](C)(C)C)[Si](C)(C)C)c(C([Si](C)(C)C)[Si](C)(C)C)c1)[Si](C)(C)C. The minimum absolute atomic E-state index is 0.691. The molecule has 2 aromatic rings. The first-order valence-electron chi connectivity index (χ1n) is 27.3. The molecule has 0 amide bonds. The van der Waals surface area contributed by atoms with Crippen LogP contribution in [0.15, 0.2) is 24.3 Å². The van der Waals surface area contributed by atoms with Crippen molar-refractivity contribution in [3.8, 4) is 3.35 Å². The van der Waals surface area contributed by atoms with E-state index in [-0.39, 0.29) is 0 Å². The molecule has 0 atom stereocenters. The van der Waals surface area contributed by atoms with E-state index in [1.807, 2.05) is 25.4 Å². The first-order chi connectivity index (χ1) is 29.4. The third-order valence-electron chi connectivity index (χ3n) is 15.1. The summed E-state index contributed by atoms with van der Waals surface area (Å²) in [5.74, 6) is 0. The summed E-state index contributed by atoms with van der Waals surface area (Å²) in [4.78, 5) is 0. The normalized spacial score (nSPS) is 15.1. The molecule has 0 aliphatic heterocycles. The van der Waals surface area contributed by atoms with Gasteiger partial charge in [-0.3, -0.25) is 0 Å². The molecular weight excluding hydrogens is 1200 g/mol. The Labute approximate surface area is 452 Å². The Balaban J connectivity index is 3.98. The topological polar surface area (TPSA) is 0 Å². The van der Waals surface area contributed by atoms with Gasteiger partial charge in [-0.25, -0.2) is 0 Å². The van der Waals surface area contributed by atoms with Crippen molar-refractivity contribution in [2.24, 2.45) is 0 Å². The monoisotopic (exact) mass is 1320 g/mol. The first kappa shape index (κ1) is 65.9. The van der Waals surface area contributed by atoms with E-state index in [1.54, 1.807) is 16.7 Å². The summed E-state index contributed by atoms with van der Waals surface area (Å²) in [7, 11) is -19.8. The molecule has 68 heavy (non-hydrogen) atoms. The Morgan fingerprint density at radius 3 is 0.588 bits per heavy atom. The predicted molar refractivity (Wildman–Crippen MR) is 358 cm³/mol. The number of benzene rings is 2. The van der Waals surface area contributed by atoms with Gasteiger partial charge in [0.2, 0.25) is 0 Å². The van der Waals surface area contributed by atoms with Gasteiger partial charge in [0, 0.05) is 0 Å². The minimum atomic E-state index is -1.82. The zero-order valence-electron chi connectivity index (χ0n) is 52.8. The van der Waals surface area contributed by atoms with Crippen molar-refractivity contribution in [3.63, 3.8) is 0 Å². The second-order valence-electron chi connectivity index (χ2n) is 35.4. The van der Waals surface area contributed by atoms with Gasteiger partial charge >= 0.3 is 457 Å². The molecule has 0 saturated heterocycles. The van der Waals surface area contributed by atoms with Gasteiger partial charge in [0.15, 0.2) is 0 Å². The van der Waals surface area contributed by atoms with Crippen molar-refractivity contribution < 1.29 is 0 Å². The molecule has 0 radical (unpaired) electrons. The summed E-state index contributed by atoms with van der Waals surface area (Å²) < 4.78 is 6.93. The Hall–Kier alpha value is 1.74. The molecule has 0 fully saturated rings. The van der Waals surface area contributed by atoms with Crippen LogP contribution in [0.25, 0.3) is 0 Å². The molecule has 2 rings (SSSR count). The number of hydrogen-bond acceptors (Lipinski definition) is 0. The van der Waals surface area contributed by atoms with Gasteiger partial charge in [0.25, 0.3) is 0 Å². The van der Waals surface area contributed by atoms with E-state index in [0.717, 1.165) is 20.7 Å². The Morgan fingerprint density at radius 2 is 0.412 bits per heavy atom. The molecule has 0 nitrogen and oxygen atoms in total. The summed E-state index contributed by atoms with van der Waals surface area (Å²) in [5.41, 5.74) is 12.7. The molecule has 390 valence electrons. The summed E-state index contributed by atoms with van der Waals surface area (Å²) in [5, 5.41) is 4.32. The molecular formula is C55H118PbSi12. The summed E-state index contributed by atoms with van der Waals surface area (Å²) in [6, 6.07) is 11.9. The first-order valence-corrected chi connectivity index (χ1v) is 74.1. The number of rotatable bonds is 18. The average Bonchev–Trinajstić information content (AvgIpc) is 2.92. The predicted octanol–water partition coefficient (Wildman–Crippen LogP) is 19.1.